The van der Waals surface area contributed by atoms with Crippen LogP contribution in [0.4, 0.5) is 0 Å². The minimum absolute atomic E-state index is 0.831. The summed E-state index contributed by atoms with van der Waals surface area (Å²) < 4.78 is 2.88. The van der Waals surface area contributed by atoms with Crippen molar-refractivity contribution in [1.29, 1.82) is 0 Å². The number of aromatic nitrogens is 1. The summed E-state index contributed by atoms with van der Waals surface area (Å²) in [6, 6.07) is 8.47. The Morgan fingerprint density at radius 3 is 2.73 bits per heavy atom. The third-order valence-electron chi connectivity index (χ3n) is 3.76. The first kappa shape index (κ1) is 16.9. The van der Waals surface area contributed by atoms with Crippen LogP contribution >= 0.6 is 22.6 Å². The Morgan fingerprint density at radius 1 is 1.36 bits per heavy atom. The number of nitrogens with zero attached hydrogens (tertiary/aromatic N) is 1. The molecular weight excluding hydrogens is 380 g/mol. The van der Waals surface area contributed by atoms with Gasteiger partial charge in [-0.25, -0.2) is 0 Å². The van der Waals surface area contributed by atoms with Gasteiger partial charge in [-0.3, -0.25) is 0 Å². The standard InChI is InChI=1S/C19H19BIN/c1-5-7-18-14(3)22(20)15(4)19(18)11-10-13(2)16-8-6-9-17(21)12-16/h5-12H,4H2,1-3H3/b7-5-,13-10+,19-11+. The van der Waals surface area contributed by atoms with E-state index < -0.39 is 0 Å². The van der Waals surface area contributed by atoms with Gasteiger partial charge in [0.1, 0.15) is 0 Å². The molecule has 0 atom stereocenters. The molecule has 1 heterocycles. The third kappa shape index (κ3) is 3.46. The smallest absolute Gasteiger partial charge is 0.234 e. The molecule has 0 aliphatic rings. The third-order valence-corrected chi connectivity index (χ3v) is 4.43. The van der Waals surface area contributed by atoms with Crippen molar-refractivity contribution in [3.05, 3.63) is 67.4 Å². The van der Waals surface area contributed by atoms with Crippen molar-refractivity contribution in [1.82, 2.24) is 4.48 Å². The van der Waals surface area contributed by atoms with Crippen molar-refractivity contribution in [3.8, 4) is 0 Å². The maximum Gasteiger partial charge on any atom is 0.234 e. The normalized spacial score (nSPS) is 13.3. The summed E-state index contributed by atoms with van der Waals surface area (Å²) in [5.74, 6) is 0. The van der Waals surface area contributed by atoms with E-state index in [4.69, 9.17) is 7.98 Å². The van der Waals surface area contributed by atoms with E-state index in [-0.39, 0.29) is 0 Å². The summed E-state index contributed by atoms with van der Waals surface area (Å²) in [7, 11) is 6.05. The molecule has 0 aliphatic heterocycles. The van der Waals surface area contributed by atoms with Gasteiger partial charge in [0.2, 0.25) is 7.98 Å². The second-order valence-corrected chi connectivity index (χ2v) is 6.50. The molecule has 2 aromatic rings. The lowest BCUT2D eigenvalue weighted by Gasteiger charge is -2.00. The van der Waals surface area contributed by atoms with Crippen molar-refractivity contribution in [3.63, 3.8) is 0 Å². The highest BCUT2D eigenvalue weighted by Crippen LogP contribution is 2.16. The van der Waals surface area contributed by atoms with E-state index >= 15 is 0 Å². The van der Waals surface area contributed by atoms with Gasteiger partial charge in [-0.1, -0.05) is 43.0 Å². The molecule has 0 unspecified atom stereocenters. The van der Waals surface area contributed by atoms with E-state index in [1.807, 2.05) is 19.9 Å². The van der Waals surface area contributed by atoms with Gasteiger partial charge in [0, 0.05) is 25.4 Å². The van der Waals surface area contributed by atoms with E-state index in [2.05, 4.69) is 78.6 Å². The zero-order valence-electron chi connectivity index (χ0n) is 13.2. The molecule has 2 radical (unpaired) electrons. The van der Waals surface area contributed by atoms with Crippen molar-refractivity contribution in [2.45, 2.75) is 20.8 Å². The van der Waals surface area contributed by atoms with Gasteiger partial charge in [-0.2, -0.15) is 0 Å². The summed E-state index contributed by atoms with van der Waals surface area (Å²) in [5.41, 5.74) is 4.59. The lowest BCUT2D eigenvalue weighted by atomic mass is 10.1. The molecule has 110 valence electrons. The molecule has 0 amide bonds. The highest BCUT2D eigenvalue weighted by Gasteiger charge is 2.04. The molecular formula is C19H19BIN. The number of halogens is 1. The Balaban J connectivity index is 2.57. The van der Waals surface area contributed by atoms with Crippen LogP contribution in [-0.4, -0.2) is 12.5 Å². The molecule has 3 heteroatoms. The number of hydrogen-bond donors (Lipinski definition) is 0. The zero-order valence-corrected chi connectivity index (χ0v) is 15.4. The lowest BCUT2D eigenvalue weighted by molar-refractivity contribution is 1.11. The van der Waals surface area contributed by atoms with Gasteiger partial charge < -0.3 is 4.48 Å². The molecule has 0 fully saturated rings. The molecule has 0 aliphatic carbocycles. The van der Waals surface area contributed by atoms with Crippen LogP contribution in [-0.2, 0) is 0 Å². The Morgan fingerprint density at radius 2 is 2.09 bits per heavy atom. The Bertz CT molecular complexity index is 856. The molecule has 1 aromatic heterocycles. The highest BCUT2D eigenvalue weighted by molar-refractivity contribution is 14.1. The fourth-order valence-corrected chi connectivity index (χ4v) is 2.96. The summed E-state index contributed by atoms with van der Waals surface area (Å²) in [4.78, 5) is 0. The van der Waals surface area contributed by atoms with Crippen LogP contribution in [0.3, 0.4) is 0 Å². The van der Waals surface area contributed by atoms with Crippen LogP contribution < -0.4 is 10.6 Å². The van der Waals surface area contributed by atoms with Gasteiger partial charge in [-0.05, 0) is 66.6 Å². The van der Waals surface area contributed by atoms with Crippen LogP contribution in [0, 0.1) is 10.5 Å². The molecule has 0 N–H and O–H groups in total. The molecule has 0 saturated heterocycles. The number of hydrogen-bond acceptors (Lipinski definition) is 0. The van der Waals surface area contributed by atoms with Gasteiger partial charge in [0.05, 0.1) is 0 Å². The van der Waals surface area contributed by atoms with E-state index in [1.54, 1.807) is 4.48 Å². The SMILES string of the molecule is [B]n1c(C)c(/C=C\C)/c(=C/C=C(\C)c2cccc(I)c2)c1=C. The van der Waals surface area contributed by atoms with Crippen molar-refractivity contribution in [2.24, 2.45) is 0 Å². The summed E-state index contributed by atoms with van der Waals surface area (Å²) in [6.07, 6.45) is 8.33. The second-order valence-electron chi connectivity index (χ2n) is 5.26. The predicted octanol–water partition coefficient (Wildman–Crippen LogP) is 3.66. The Kier molecular flexibility index (Phi) is 5.51. The fraction of sp³-hybridized carbons (Fsp3) is 0.158. The van der Waals surface area contributed by atoms with Gasteiger partial charge >= 0.3 is 0 Å². The van der Waals surface area contributed by atoms with E-state index in [9.17, 15) is 0 Å². The van der Waals surface area contributed by atoms with Gasteiger partial charge in [0.25, 0.3) is 0 Å². The first-order valence-electron chi connectivity index (χ1n) is 7.18. The van der Waals surface area contributed by atoms with Crippen LogP contribution in [0.2, 0.25) is 0 Å². The molecule has 1 nitrogen and oxygen atoms in total. The predicted molar refractivity (Wildman–Crippen MR) is 107 cm³/mol. The summed E-state index contributed by atoms with van der Waals surface area (Å²) in [5, 5.41) is 1.90. The molecule has 1 aromatic carbocycles. The average Bonchev–Trinajstić information content (AvgIpc) is 2.70. The van der Waals surface area contributed by atoms with Crippen molar-refractivity contribution in [2.75, 3.05) is 0 Å². The number of rotatable bonds is 3. The molecule has 0 saturated carbocycles. The first-order valence-corrected chi connectivity index (χ1v) is 8.26. The number of benzene rings is 1. The maximum absolute atomic E-state index is 6.05. The molecule has 0 spiro atoms. The first-order chi connectivity index (χ1) is 10.5. The van der Waals surface area contributed by atoms with Crippen LogP contribution in [0.25, 0.3) is 24.3 Å². The maximum atomic E-state index is 6.05. The molecule has 0 bridgehead atoms. The van der Waals surface area contributed by atoms with Crippen LogP contribution in [0.15, 0.2) is 36.4 Å². The largest absolute Gasteiger partial charge is 0.401 e. The monoisotopic (exact) mass is 399 g/mol. The Hall–Kier alpha value is -1.49. The highest BCUT2D eigenvalue weighted by atomic mass is 127. The average molecular weight is 399 g/mol. The van der Waals surface area contributed by atoms with Crippen LogP contribution in [0.1, 0.15) is 30.7 Å². The lowest BCUT2D eigenvalue weighted by Crippen LogP contribution is -2.27. The zero-order chi connectivity index (χ0) is 16.3. The van der Waals surface area contributed by atoms with E-state index in [0.29, 0.717) is 0 Å². The van der Waals surface area contributed by atoms with Crippen molar-refractivity contribution >= 4 is 54.9 Å². The second kappa shape index (κ2) is 7.18. The molecule has 2 rings (SSSR count). The summed E-state index contributed by atoms with van der Waals surface area (Å²) >= 11 is 2.33. The topological polar surface area (TPSA) is 4.93 Å². The van der Waals surface area contributed by atoms with Gasteiger partial charge in [-0.15, -0.1) is 0 Å². The summed E-state index contributed by atoms with van der Waals surface area (Å²) in [6.45, 7) is 10.2. The quantitative estimate of drug-likeness (QED) is 0.549. The minimum Gasteiger partial charge on any atom is -0.401 e. The van der Waals surface area contributed by atoms with E-state index in [1.165, 1.54) is 14.7 Å². The Labute approximate surface area is 147 Å². The van der Waals surface area contributed by atoms with Crippen molar-refractivity contribution < 1.29 is 0 Å². The van der Waals surface area contributed by atoms with Gasteiger partial charge in [0.15, 0.2) is 0 Å². The molecule has 22 heavy (non-hydrogen) atoms. The number of allylic oxidation sites excluding steroid dienone is 3. The van der Waals surface area contributed by atoms with Crippen LogP contribution in [0.5, 0.6) is 0 Å². The minimum atomic E-state index is 0.831. The fourth-order valence-electron chi connectivity index (χ4n) is 2.41. The van der Waals surface area contributed by atoms with E-state index in [0.717, 1.165) is 21.8 Å².